The van der Waals surface area contributed by atoms with E-state index in [2.05, 4.69) is 12.2 Å². The first-order valence-corrected chi connectivity index (χ1v) is 4.12. The highest BCUT2D eigenvalue weighted by Gasteiger charge is 2.41. The maximum Gasteiger partial charge on any atom is -0.00175 e. The van der Waals surface area contributed by atoms with Crippen LogP contribution in [0, 0.1) is 17.8 Å². The van der Waals surface area contributed by atoms with E-state index in [1.807, 2.05) is 0 Å². The molecule has 2 unspecified atom stereocenters. The lowest BCUT2D eigenvalue weighted by atomic mass is 9.61. The third-order valence-corrected chi connectivity index (χ3v) is 3.10. The van der Waals surface area contributed by atoms with Gasteiger partial charge in [0.25, 0.3) is 0 Å². The highest BCUT2D eigenvalue weighted by Crippen LogP contribution is 2.44. The topological polar surface area (TPSA) is 12.0 Å². The molecular formula is C8H15N. The maximum absolute atomic E-state index is 3.45. The van der Waals surface area contributed by atoms with E-state index >= 15 is 0 Å². The zero-order chi connectivity index (χ0) is 6.27. The first kappa shape index (κ1) is 5.72. The quantitative estimate of drug-likeness (QED) is 0.556. The molecule has 0 aromatic heterocycles. The van der Waals surface area contributed by atoms with E-state index in [1.165, 1.54) is 25.9 Å². The molecule has 0 aromatic rings. The lowest BCUT2D eigenvalue weighted by Gasteiger charge is -2.49. The molecule has 0 radical (unpaired) electrons. The van der Waals surface area contributed by atoms with Crippen molar-refractivity contribution in [3.63, 3.8) is 0 Å². The van der Waals surface area contributed by atoms with Crippen molar-refractivity contribution in [1.82, 2.24) is 5.32 Å². The first-order valence-electron chi connectivity index (χ1n) is 4.12. The largest absolute Gasteiger partial charge is 0.316 e. The number of nitrogens with one attached hydrogen (secondary N) is 1. The molecule has 0 amide bonds. The fourth-order valence-corrected chi connectivity index (χ4v) is 2.52. The summed E-state index contributed by atoms with van der Waals surface area (Å²) in [7, 11) is 0. The minimum Gasteiger partial charge on any atom is -0.316 e. The molecule has 2 bridgehead atoms. The van der Waals surface area contributed by atoms with Crippen LogP contribution in [0.4, 0.5) is 0 Å². The van der Waals surface area contributed by atoms with Gasteiger partial charge in [-0.3, -0.25) is 0 Å². The predicted molar refractivity (Wildman–Crippen MR) is 38.2 cm³/mol. The second kappa shape index (κ2) is 1.98. The fraction of sp³-hybridized carbons (Fsp3) is 1.00. The van der Waals surface area contributed by atoms with E-state index < -0.39 is 0 Å². The Labute approximate surface area is 56.8 Å². The van der Waals surface area contributed by atoms with E-state index in [1.54, 1.807) is 0 Å². The lowest BCUT2D eigenvalue weighted by molar-refractivity contribution is 0.0289. The summed E-state index contributed by atoms with van der Waals surface area (Å²) in [5.41, 5.74) is 0. The van der Waals surface area contributed by atoms with Crippen LogP contribution in [-0.4, -0.2) is 13.1 Å². The van der Waals surface area contributed by atoms with Crippen LogP contribution in [0.1, 0.15) is 19.8 Å². The minimum absolute atomic E-state index is 1.05. The Bertz CT molecular complexity index is 97.1. The molecule has 1 N–H and O–H groups in total. The van der Waals surface area contributed by atoms with Crippen LogP contribution < -0.4 is 5.32 Å². The van der Waals surface area contributed by atoms with Gasteiger partial charge in [-0.25, -0.2) is 0 Å². The van der Waals surface area contributed by atoms with Gasteiger partial charge in [-0.05, 0) is 37.3 Å². The molecule has 2 atom stereocenters. The summed E-state index contributed by atoms with van der Waals surface area (Å²) in [5, 5.41) is 3.45. The van der Waals surface area contributed by atoms with Crippen LogP contribution >= 0.6 is 0 Å². The zero-order valence-electron chi connectivity index (χ0n) is 6.06. The van der Waals surface area contributed by atoms with Crippen molar-refractivity contribution < 1.29 is 0 Å². The van der Waals surface area contributed by atoms with Crippen molar-refractivity contribution in [3.05, 3.63) is 0 Å². The van der Waals surface area contributed by atoms with E-state index in [0.717, 1.165) is 17.8 Å². The van der Waals surface area contributed by atoms with Gasteiger partial charge in [0.2, 0.25) is 0 Å². The van der Waals surface area contributed by atoms with E-state index in [-0.39, 0.29) is 0 Å². The molecule has 0 aromatic carbocycles. The van der Waals surface area contributed by atoms with Crippen molar-refractivity contribution in [2.24, 2.45) is 17.8 Å². The first-order chi connectivity index (χ1) is 4.42. The van der Waals surface area contributed by atoms with E-state index in [9.17, 15) is 0 Å². The Hall–Kier alpha value is -0.0400. The summed E-state index contributed by atoms with van der Waals surface area (Å²) in [5.74, 6) is 3.19. The van der Waals surface area contributed by atoms with Crippen LogP contribution in [0.25, 0.3) is 0 Å². The third-order valence-electron chi connectivity index (χ3n) is 3.10. The highest BCUT2D eigenvalue weighted by molar-refractivity contribution is 4.94. The molecule has 9 heavy (non-hydrogen) atoms. The van der Waals surface area contributed by atoms with Gasteiger partial charge < -0.3 is 5.32 Å². The van der Waals surface area contributed by atoms with Crippen LogP contribution in [0.2, 0.25) is 0 Å². The van der Waals surface area contributed by atoms with Crippen LogP contribution in [0.15, 0.2) is 0 Å². The molecule has 3 rings (SSSR count). The van der Waals surface area contributed by atoms with Gasteiger partial charge >= 0.3 is 0 Å². The maximum atomic E-state index is 3.45. The van der Waals surface area contributed by atoms with Crippen molar-refractivity contribution in [1.29, 1.82) is 0 Å². The number of hydrogen-bond acceptors (Lipinski definition) is 1. The summed E-state index contributed by atoms with van der Waals surface area (Å²) in [6, 6.07) is 0. The van der Waals surface area contributed by atoms with Crippen molar-refractivity contribution in [3.8, 4) is 0 Å². The number of fused-ring (bicyclic) bond motifs is 2. The smallest absolute Gasteiger partial charge is 0.00175 e. The standard InChI is InChI=1S/C8H15N/c1-2-8-6-3-7(8)5-9-4-6/h6-9H,2-5H2,1H3. The van der Waals surface area contributed by atoms with Gasteiger partial charge in [0.15, 0.2) is 0 Å². The number of hydrogen-bond donors (Lipinski definition) is 1. The van der Waals surface area contributed by atoms with E-state index in [0.29, 0.717) is 0 Å². The number of rotatable bonds is 1. The van der Waals surface area contributed by atoms with Gasteiger partial charge in [-0.1, -0.05) is 13.3 Å². The summed E-state index contributed by atoms with van der Waals surface area (Å²) >= 11 is 0. The molecule has 3 fully saturated rings. The van der Waals surface area contributed by atoms with Crippen LogP contribution in [0.5, 0.6) is 0 Å². The molecule has 0 spiro atoms. The van der Waals surface area contributed by atoms with Gasteiger partial charge in [-0.15, -0.1) is 0 Å². The van der Waals surface area contributed by atoms with Crippen LogP contribution in [0.3, 0.4) is 0 Å². The van der Waals surface area contributed by atoms with Crippen molar-refractivity contribution in [2.45, 2.75) is 19.8 Å². The molecular weight excluding hydrogens is 110 g/mol. The second-order valence-corrected chi connectivity index (χ2v) is 3.49. The molecule has 2 saturated heterocycles. The second-order valence-electron chi connectivity index (χ2n) is 3.49. The normalized spacial score (nSPS) is 48.3. The van der Waals surface area contributed by atoms with Gasteiger partial charge in [0.05, 0.1) is 0 Å². The Kier molecular flexibility index (Phi) is 1.26. The predicted octanol–water partition coefficient (Wildman–Crippen LogP) is 1.25. The van der Waals surface area contributed by atoms with E-state index in [4.69, 9.17) is 0 Å². The molecule has 1 heteroatoms. The molecule has 1 nitrogen and oxygen atoms in total. The summed E-state index contributed by atoms with van der Waals surface area (Å²) in [6.07, 6.45) is 2.93. The summed E-state index contributed by atoms with van der Waals surface area (Å²) < 4.78 is 0. The Balaban J connectivity index is 1.97. The molecule has 1 saturated carbocycles. The number of piperidine rings is 2. The van der Waals surface area contributed by atoms with Gasteiger partial charge in [-0.2, -0.15) is 0 Å². The average Bonchev–Trinajstić information content (AvgIpc) is 1.90. The van der Waals surface area contributed by atoms with Gasteiger partial charge in [0.1, 0.15) is 0 Å². The zero-order valence-corrected chi connectivity index (χ0v) is 6.06. The molecule has 3 aliphatic rings. The summed E-state index contributed by atoms with van der Waals surface area (Å²) in [4.78, 5) is 0. The lowest BCUT2D eigenvalue weighted by Crippen LogP contribution is -2.52. The Morgan fingerprint density at radius 1 is 1.33 bits per heavy atom. The molecule has 52 valence electrons. The molecule has 1 aliphatic carbocycles. The monoisotopic (exact) mass is 125 g/mol. The highest BCUT2D eigenvalue weighted by atomic mass is 14.9. The SMILES string of the molecule is CCC1C2CNCC1C2. The Morgan fingerprint density at radius 2 is 2.00 bits per heavy atom. The minimum atomic E-state index is 1.05. The van der Waals surface area contributed by atoms with Crippen molar-refractivity contribution in [2.75, 3.05) is 13.1 Å². The average molecular weight is 125 g/mol. The summed E-state index contributed by atoms with van der Waals surface area (Å²) in [6.45, 7) is 4.93. The van der Waals surface area contributed by atoms with Gasteiger partial charge in [0, 0.05) is 0 Å². The third kappa shape index (κ3) is 0.710. The fourth-order valence-electron chi connectivity index (χ4n) is 2.52. The van der Waals surface area contributed by atoms with Crippen LogP contribution in [-0.2, 0) is 0 Å². The Morgan fingerprint density at radius 3 is 2.33 bits per heavy atom. The molecule has 2 heterocycles. The molecule has 2 aliphatic heterocycles. The van der Waals surface area contributed by atoms with Crippen molar-refractivity contribution >= 4 is 0 Å².